The van der Waals surface area contributed by atoms with Crippen molar-refractivity contribution in [2.75, 3.05) is 13.1 Å². The summed E-state index contributed by atoms with van der Waals surface area (Å²) in [6.07, 6.45) is 0.778. The minimum absolute atomic E-state index is 0.0425. The zero-order valence-electron chi connectivity index (χ0n) is 11.5. The fourth-order valence-electron chi connectivity index (χ4n) is 1.52. The Bertz CT molecular complexity index is 430. The van der Waals surface area contributed by atoms with E-state index >= 15 is 0 Å². The molecule has 110 valence electrons. The van der Waals surface area contributed by atoms with Crippen LogP contribution in [-0.2, 0) is 15.0 Å². The van der Waals surface area contributed by atoms with Gasteiger partial charge in [0.2, 0.25) is 0 Å². The fraction of sp³-hybridized carbons (Fsp3) is 0.818. The van der Waals surface area contributed by atoms with Gasteiger partial charge in [0.1, 0.15) is 6.04 Å². The van der Waals surface area contributed by atoms with Crippen LogP contribution in [0.15, 0.2) is 0 Å². The fourth-order valence-corrected chi connectivity index (χ4v) is 3.01. The van der Waals surface area contributed by atoms with E-state index in [1.165, 1.54) is 0 Å². The molecule has 0 aliphatic carbocycles. The zero-order valence-corrected chi connectivity index (χ0v) is 12.3. The molecule has 0 aromatic rings. The third-order valence-electron chi connectivity index (χ3n) is 2.56. The molecule has 2 unspecified atom stereocenters. The van der Waals surface area contributed by atoms with Crippen molar-refractivity contribution in [2.24, 2.45) is 5.92 Å². The van der Waals surface area contributed by atoms with Crippen LogP contribution in [0.1, 0.15) is 33.6 Å². The Hall–Kier alpha value is -1.17. The molecule has 19 heavy (non-hydrogen) atoms. The molecule has 0 amide bonds. The van der Waals surface area contributed by atoms with Crippen LogP contribution < -0.4 is 4.72 Å². The standard InChI is InChI=1S/C11H21N3O4S/c1-4-6-10(11(15)16)13-19(17,18)14(5-2)8-9(3)7-12/h9-10,13H,4-6,8H2,1-3H3,(H,15,16). The summed E-state index contributed by atoms with van der Waals surface area (Å²) in [4.78, 5) is 11.0. The highest BCUT2D eigenvalue weighted by Crippen LogP contribution is 2.07. The normalized spacial score (nSPS) is 14.9. The minimum atomic E-state index is -3.89. The number of aliphatic carboxylic acids is 1. The van der Waals surface area contributed by atoms with Gasteiger partial charge in [0, 0.05) is 13.1 Å². The first kappa shape index (κ1) is 17.8. The Morgan fingerprint density at radius 2 is 2.05 bits per heavy atom. The van der Waals surface area contributed by atoms with Gasteiger partial charge in [-0.1, -0.05) is 20.3 Å². The number of nitriles is 1. The lowest BCUT2D eigenvalue weighted by atomic mass is 10.2. The molecule has 0 radical (unpaired) electrons. The Morgan fingerprint density at radius 1 is 1.47 bits per heavy atom. The molecule has 0 heterocycles. The predicted octanol–water partition coefficient (Wildman–Crippen LogP) is 0.556. The lowest BCUT2D eigenvalue weighted by Crippen LogP contribution is -2.49. The quantitative estimate of drug-likeness (QED) is 0.644. The van der Waals surface area contributed by atoms with Crippen LogP contribution in [0.5, 0.6) is 0 Å². The lowest BCUT2D eigenvalue weighted by molar-refractivity contribution is -0.139. The van der Waals surface area contributed by atoms with E-state index in [0.717, 1.165) is 4.31 Å². The molecule has 7 nitrogen and oxygen atoms in total. The van der Waals surface area contributed by atoms with Gasteiger partial charge in [-0.3, -0.25) is 4.79 Å². The predicted molar refractivity (Wildman–Crippen MR) is 70.4 cm³/mol. The number of carboxylic acids is 1. The van der Waals surface area contributed by atoms with E-state index in [1.807, 2.05) is 6.07 Å². The number of hydrogen-bond acceptors (Lipinski definition) is 4. The summed E-state index contributed by atoms with van der Waals surface area (Å²) < 4.78 is 27.3. The SMILES string of the molecule is CCCC(NS(=O)(=O)N(CC)CC(C)C#N)C(=O)O. The topological polar surface area (TPSA) is 111 Å². The lowest BCUT2D eigenvalue weighted by Gasteiger charge is -2.24. The van der Waals surface area contributed by atoms with Crippen molar-refractivity contribution in [1.82, 2.24) is 9.03 Å². The highest BCUT2D eigenvalue weighted by Gasteiger charge is 2.28. The van der Waals surface area contributed by atoms with Crippen molar-refractivity contribution >= 4 is 16.2 Å². The van der Waals surface area contributed by atoms with Crippen LogP contribution >= 0.6 is 0 Å². The van der Waals surface area contributed by atoms with Crippen molar-refractivity contribution < 1.29 is 18.3 Å². The van der Waals surface area contributed by atoms with Gasteiger partial charge >= 0.3 is 5.97 Å². The van der Waals surface area contributed by atoms with Gasteiger partial charge in [-0.15, -0.1) is 0 Å². The summed E-state index contributed by atoms with van der Waals surface area (Å²) in [5.74, 6) is -1.65. The van der Waals surface area contributed by atoms with E-state index < -0.39 is 28.1 Å². The molecule has 0 aromatic heterocycles. The van der Waals surface area contributed by atoms with E-state index in [9.17, 15) is 13.2 Å². The maximum atomic E-state index is 12.0. The van der Waals surface area contributed by atoms with Gasteiger partial charge in [-0.05, 0) is 13.3 Å². The Labute approximate surface area is 114 Å². The molecule has 0 spiro atoms. The Morgan fingerprint density at radius 3 is 2.42 bits per heavy atom. The van der Waals surface area contributed by atoms with Crippen molar-refractivity contribution in [1.29, 1.82) is 5.26 Å². The second-order valence-corrected chi connectivity index (χ2v) is 5.99. The molecule has 2 atom stereocenters. The first-order valence-electron chi connectivity index (χ1n) is 6.18. The van der Waals surface area contributed by atoms with Crippen molar-refractivity contribution in [3.05, 3.63) is 0 Å². The average Bonchev–Trinajstić information content (AvgIpc) is 2.34. The third kappa shape index (κ3) is 6.00. The van der Waals surface area contributed by atoms with Crippen molar-refractivity contribution in [3.8, 4) is 6.07 Å². The third-order valence-corrected chi connectivity index (χ3v) is 4.23. The second kappa shape index (κ2) is 8.09. The molecule has 0 saturated heterocycles. The highest BCUT2D eigenvalue weighted by molar-refractivity contribution is 7.87. The van der Waals surface area contributed by atoms with Crippen LogP contribution in [0.3, 0.4) is 0 Å². The molecule has 0 rings (SSSR count). The van der Waals surface area contributed by atoms with E-state index in [-0.39, 0.29) is 19.5 Å². The minimum Gasteiger partial charge on any atom is -0.480 e. The molecule has 0 aliphatic heterocycles. The summed E-state index contributed by atoms with van der Waals surface area (Å²) in [7, 11) is -3.89. The summed E-state index contributed by atoms with van der Waals surface area (Å²) in [6.45, 7) is 5.25. The van der Waals surface area contributed by atoms with Crippen LogP contribution in [0.4, 0.5) is 0 Å². The van der Waals surface area contributed by atoms with Crippen LogP contribution in [0.25, 0.3) is 0 Å². The number of hydrogen-bond donors (Lipinski definition) is 2. The second-order valence-electron chi connectivity index (χ2n) is 4.28. The molecule has 0 aromatic carbocycles. The van der Waals surface area contributed by atoms with Gasteiger partial charge < -0.3 is 5.11 Å². The van der Waals surface area contributed by atoms with Crippen molar-refractivity contribution in [2.45, 2.75) is 39.7 Å². The molecule has 0 fully saturated rings. The first-order valence-corrected chi connectivity index (χ1v) is 7.62. The molecule has 8 heteroatoms. The Balaban J connectivity index is 4.92. The van der Waals surface area contributed by atoms with Gasteiger partial charge in [-0.2, -0.15) is 22.7 Å². The molecule has 0 saturated carbocycles. The van der Waals surface area contributed by atoms with E-state index in [4.69, 9.17) is 10.4 Å². The molecular formula is C11H21N3O4S. The summed E-state index contributed by atoms with van der Waals surface area (Å²) in [5.41, 5.74) is 0. The number of rotatable bonds is 9. The molecule has 0 aliphatic rings. The number of nitrogens with zero attached hydrogens (tertiary/aromatic N) is 2. The van der Waals surface area contributed by atoms with E-state index in [0.29, 0.717) is 6.42 Å². The first-order chi connectivity index (χ1) is 8.78. The summed E-state index contributed by atoms with van der Waals surface area (Å²) in [5, 5.41) is 17.7. The number of carboxylic acid groups (broad SMARTS) is 1. The van der Waals surface area contributed by atoms with Crippen LogP contribution in [0, 0.1) is 17.2 Å². The molecular weight excluding hydrogens is 270 g/mol. The monoisotopic (exact) mass is 291 g/mol. The smallest absolute Gasteiger partial charge is 0.321 e. The average molecular weight is 291 g/mol. The maximum absolute atomic E-state index is 12.0. The molecule has 0 bridgehead atoms. The molecule has 2 N–H and O–H groups in total. The number of nitrogens with one attached hydrogen (secondary N) is 1. The van der Waals surface area contributed by atoms with E-state index in [2.05, 4.69) is 4.72 Å². The Kier molecular flexibility index (Phi) is 7.59. The highest BCUT2D eigenvalue weighted by atomic mass is 32.2. The summed E-state index contributed by atoms with van der Waals surface area (Å²) in [6, 6.07) is 0.815. The summed E-state index contributed by atoms with van der Waals surface area (Å²) >= 11 is 0. The van der Waals surface area contributed by atoms with Gasteiger partial charge in [0.05, 0.1) is 12.0 Å². The van der Waals surface area contributed by atoms with Crippen LogP contribution in [-0.4, -0.2) is 42.9 Å². The maximum Gasteiger partial charge on any atom is 0.321 e. The van der Waals surface area contributed by atoms with Gasteiger partial charge in [-0.25, -0.2) is 0 Å². The largest absolute Gasteiger partial charge is 0.480 e. The zero-order chi connectivity index (χ0) is 15.1. The van der Waals surface area contributed by atoms with Gasteiger partial charge in [0.25, 0.3) is 10.2 Å². The van der Waals surface area contributed by atoms with Gasteiger partial charge in [0.15, 0.2) is 0 Å². The van der Waals surface area contributed by atoms with Crippen LogP contribution in [0.2, 0.25) is 0 Å². The number of carbonyl (C=O) groups is 1. The van der Waals surface area contributed by atoms with E-state index in [1.54, 1.807) is 20.8 Å². The van der Waals surface area contributed by atoms with Crippen molar-refractivity contribution in [3.63, 3.8) is 0 Å².